The zero-order valence-corrected chi connectivity index (χ0v) is 21.1. The Kier molecular flexibility index (Phi) is 13.7. The molecule has 15 nitrogen and oxygen atoms in total. The standard InChI is InChI=1S/C21H33N7O8S/c1-37-7-6-14(26-18(32)12(22)8-11-9-24-10-25-11)20(34)27-13(2-4-16(23)29)19(33)28-15(21(35)36)3-5-17(30)31/h9-10,12-15H,2-8,22H2,1H3,(H2,23,29)(H,24,25)(H,26,32)(H,27,34)(H,28,33)(H,30,31)(H,35,36). The molecule has 0 fully saturated rings. The summed E-state index contributed by atoms with van der Waals surface area (Å²) in [5, 5.41) is 25.3. The maximum atomic E-state index is 13.0. The van der Waals surface area contributed by atoms with Crippen LogP contribution in [0.25, 0.3) is 0 Å². The third-order valence-electron chi connectivity index (χ3n) is 5.15. The molecule has 1 rings (SSSR count). The summed E-state index contributed by atoms with van der Waals surface area (Å²) < 4.78 is 0. The molecular weight excluding hydrogens is 510 g/mol. The summed E-state index contributed by atoms with van der Waals surface area (Å²) in [5.41, 5.74) is 11.7. The number of nitrogens with two attached hydrogens (primary N) is 2. The normalized spacial score (nSPS) is 14.0. The molecule has 4 unspecified atom stereocenters. The van der Waals surface area contributed by atoms with E-state index < -0.39 is 72.6 Å². The second-order valence-corrected chi connectivity index (χ2v) is 9.11. The number of nitrogens with one attached hydrogen (secondary N) is 4. The number of H-pyrrole nitrogens is 1. The molecular formula is C21H33N7O8S. The molecule has 1 heterocycles. The first-order chi connectivity index (χ1) is 17.4. The van der Waals surface area contributed by atoms with Crippen LogP contribution in [-0.2, 0) is 35.2 Å². The van der Waals surface area contributed by atoms with Gasteiger partial charge in [0.1, 0.15) is 18.1 Å². The summed E-state index contributed by atoms with van der Waals surface area (Å²) in [6, 6.07) is -4.99. The average molecular weight is 544 g/mol. The summed E-state index contributed by atoms with van der Waals surface area (Å²) in [5.74, 6) is -5.32. The Morgan fingerprint density at radius 2 is 1.51 bits per heavy atom. The summed E-state index contributed by atoms with van der Waals surface area (Å²) in [7, 11) is 0. The van der Waals surface area contributed by atoms with Crippen LogP contribution in [-0.4, -0.2) is 91.9 Å². The fourth-order valence-electron chi connectivity index (χ4n) is 3.13. The molecule has 10 N–H and O–H groups in total. The van der Waals surface area contributed by atoms with Gasteiger partial charge in [-0.3, -0.25) is 24.0 Å². The minimum atomic E-state index is -1.54. The molecule has 0 saturated carbocycles. The van der Waals surface area contributed by atoms with E-state index in [1.165, 1.54) is 24.3 Å². The lowest BCUT2D eigenvalue weighted by molar-refractivity contribution is -0.143. The molecule has 0 aliphatic carbocycles. The van der Waals surface area contributed by atoms with Crippen LogP contribution in [0, 0.1) is 0 Å². The molecule has 1 aromatic heterocycles. The van der Waals surface area contributed by atoms with Crippen molar-refractivity contribution in [3.05, 3.63) is 18.2 Å². The molecule has 4 amide bonds. The first kappa shape index (κ1) is 31.4. The van der Waals surface area contributed by atoms with Crippen molar-refractivity contribution in [1.82, 2.24) is 25.9 Å². The van der Waals surface area contributed by atoms with Gasteiger partial charge in [0, 0.05) is 31.2 Å². The third-order valence-corrected chi connectivity index (χ3v) is 5.79. The van der Waals surface area contributed by atoms with E-state index in [2.05, 4.69) is 25.9 Å². The number of carboxylic acid groups (broad SMARTS) is 2. The predicted molar refractivity (Wildman–Crippen MR) is 132 cm³/mol. The highest BCUT2D eigenvalue weighted by atomic mass is 32.2. The van der Waals surface area contributed by atoms with Gasteiger partial charge in [0.05, 0.1) is 12.4 Å². The van der Waals surface area contributed by atoms with Crippen LogP contribution in [0.15, 0.2) is 12.5 Å². The van der Waals surface area contributed by atoms with E-state index in [1.54, 1.807) is 6.26 Å². The van der Waals surface area contributed by atoms with E-state index in [1.807, 2.05) is 0 Å². The van der Waals surface area contributed by atoms with Gasteiger partial charge in [0.2, 0.25) is 23.6 Å². The number of thioether (sulfide) groups is 1. The summed E-state index contributed by atoms with van der Waals surface area (Å²) >= 11 is 1.42. The smallest absolute Gasteiger partial charge is 0.326 e. The third kappa shape index (κ3) is 12.2. The highest BCUT2D eigenvalue weighted by Gasteiger charge is 2.30. The number of hydrogen-bond donors (Lipinski definition) is 8. The molecule has 0 aromatic carbocycles. The first-order valence-corrected chi connectivity index (χ1v) is 12.7. The lowest BCUT2D eigenvalue weighted by Crippen LogP contribution is -2.57. The number of rotatable bonds is 18. The SMILES string of the molecule is CSCCC(NC(=O)C(N)Cc1cnc[nH]1)C(=O)NC(CCC(N)=O)C(=O)NC(CCC(=O)O)C(=O)O. The molecule has 0 spiro atoms. The molecule has 0 aliphatic heterocycles. The Hall–Kier alpha value is -3.66. The van der Waals surface area contributed by atoms with Crippen LogP contribution in [0.1, 0.15) is 37.8 Å². The van der Waals surface area contributed by atoms with Crippen molar-refractivity contribution in [2.75, 3.05) is 12.0 Å². The van der Waals surface area contributed by atoms with E-state index >= 15 is 0 Å². The highest BCUT2D eigenvalue weighted by Crippen LogP contribution is 2.07. The van der Waals surface area contributed by atoms with E-state index in [-0.39, 0.29) is 25.7 Å². The maximum absolute atomic E-state index is 13.0. The lowest BCUT2D eigenvalue weighted by atomic mass is 10.1. The number of carbonyl (C=O) groups is 6. The fraction of sp³-hybridized carbons (Fsp3) is 0.571. The Labute approximate surface area is 216 Å². The van der Waals surface area contributed by atoms with E-state index in [4.69, 9.17) is 16.6 Å². The molecule has 0 radical (unpaired) electrons. The molecule has 16 heteroatoms. The number of carboxylic acids is 2. The van der Waals surface area contributed by atoms with Crippen molar-refractivity contribution in [3.63, 3.8) is 0 Å². The number of primary amides is 1. The summed E-state index contributed by atoms with van der Waals surface area (Å²) in [4.78, 5) is 78.6. The number of nitrogens with zero attached hydrogens (tertiary/aromatic N) is 1. The number of amides is 4. The van der Waals surface area contributed by atoms with Gasteiger partial charge in [0.25, 0.3) is 0 Å². The minimum Gasteiger partial charge on any atom is -0.481 e. The van der Waals surface area contributed by atoms with Crippen LogP contribution in [0.2, 0.25) is 0 Å². The zero-order chi connectivity index (χ0) is 28.0. The lowest BCUT2D eigenvalue weighted by Gasteiger charge is -2.25. The predicted octanol–water partition coefficient (Wildman–Crippen LogP) is -2.30. The van der Waals surface area contributed by atoms with Crippen molar-refractivity contribution in [1.29, 1.82) is 0 Å². The highest BCUT2D eigenvalue weighted by molar-refractivity contribution is 7.98. The van der Waals surface area contributed by atoms with Gasteiger partial charge in [-0.05, 0) is 31.3 Å². The molecule has 1 aromatic rings. The summed E-state index contributed by atoms with van der Waals surface area (Å²) in [6.07, 6.45) is 3.60. The fourth-order valence-corrected chi connectivity index (χ4v) is 3.61. The maximum Gasteiger partial charge on any atom is 0.326 e. The van der Waals surface area contributed by atoms with Gasteiger partial charge in [-0.15, -0.1) is 0 Å². The van der Waals surface area contributed by atoms with Gasteiger partial charge in [0.15, 0.2) is 0 Å². The zero-order valence-electron chi connectivity index (χ0n) is 20.3. The van der Waals surface area contributed by atoms with E-state index in [0.717, 1.165) is 0 Å². The van der Waals surface area contributed by atoms with E-state index in [0.29, 0.717) is 11.4 Å². The quantitative estimate of drug-likeness (QED) is 0.0976. The molecule has 37 heavy (non-hydrogen) atoms. The van der Waals surface area contributed by atoms with Gasteiger partial charge in [-0.1, -0.05) is 0 Å². The van der Waals surface area contributed by atoms with Crippen LogP contribution in [0.4, 0.5) is 0 Å². The Morgan fingerprint density at radius 1 is 0.946 bits per heavy atom. The minimum absolute atomic E-state index is 0.138. The number of imidazole rings is 1. The van der Waals surface area contributed by atoms with Crippen molar-refractivity contribution < 1.29 is 39.0 Å². The van der Waals surface area contributed by atoms with Crippen LogP contribution in [0.3, 0.4) is 0 Å². The van der Waals surface area contributed by atoms with Gasteiger partial charge in [-0.25, -0.2) is 9.78 Å². The second kappa shape index (κ2) is 16.2. The monoisotopic (exact) mass is 543 g/mol. The van der Waals surface area contributed by atoms with Gasteiger partial charge < -0.3 is 42.6 Å². The van der Waals surface area contributed by atoms with Crippen LogP contribution in [0.5, 0.6) is 0 Å². The Bertz CT molecular complexity index is 943. The van der Waals surface area contributed by atoms with Crippen molar-refractivity contribution in [3.8, 4) is 0 Å². The number of aliphatic carboxylic acids is 2. The summed E-state index contributed by atoms with van der Waals surface area (Å²) in [6.45, 7) is 0. The van der Waals surface area contributed by atoms with Crippen molar-refractivity contribution in [2.24, 2.45) is 11.5 Å². The molecule has 0 aliphatic rings. The molecule has 0 bridgehead atoms. The van der Waals surface area contributed by atoms with Gasteiger partial charge >= 0.3 is 11.9 Å². The average Bonchev–Trinajstić information content (AvgIpc) is 3.33. The van der Waals surface area contributed by atoms with E-state index in [9.17, 15) is 33.9 Å². The largest absolute Gasteiger partial charge is 0.481 e. The van der Waals surface area contributed by atoms with Crippen LogP contribution >= 0.6 is 11.8 Å². The van der Waals surface area contributed by atoms with Gasteiger partial charge in [-0.2, -0.15) is 11.8 Å². The number of aromatic amines is 1. The van der Waals surface area contributed by atoms with Crippen LogP contribution < -0.4 is 27.4 Å². The number of hydrogen-bond acceptors (Lipinski definition) is 9. The molecule has 4 atom stereocenters. The Balaban J connectivity index is 2.95. The first-order valence-electron chi connectivity index (χ1n) is 11.3. The van der Waals surface area contributed by atoms with Crippen molar-refractivity contribution >= 4 is 47.3 Å². The Morgan fingerprint density at radius 3 is 2.03 bits per heavy atom. The molecule has 0 saturated heterocycles. The number of carbonyl (C=O) groups excluding carboxylic acids is 4. The van der Waals surface area contributed by atoms with Crippen molar-refractivity contribution in [2.45, 2.75) is 62.7 Å². The number of aromatic nitrogens is 2. The second-order valence-electron chi connectivity index (χ2n) is 8.13. The molecule has 206 valence electrons. The topological polar surface area (TPSA) is 260 Å².